The minimum Gasteiger partial charge on any atom is -0.279 e. The number of para-hydroxylation sites is 1. The highest BCUT2D eigenvalue weighted by Gasteiger charge is 2.01. The maximum Gasteiger partial charge on any atom is 0.0561 e. The van der Waals surface area contributed by atoms with E-state index in [-0.39, 0.29) is 0 Å². The summed E-state index contributed by atoms with van der Waals surface area (Å²) < 4.78 is 2.14. The summed E-state index contributed by atoms with van der Waals surface area (Å²) in [5.41, 5.74) is 6.17. The van der Waals surface area contributed by atoms with Crippen molar-refractivity contribution in [2.24, 2.45) is 5.10 Å². The maximum atomic E-state index is 4.21. The molecular formula is C14H12Br2N2. The van der Waals surface area contributed by atoms with E-state index >= 15 is 0 Å². The van der Waals surface area contributed by atoms with Crippen LogP contribution in [0, 0.1) is 6.92 Å². The quantitative estimate of drug-likeness (QED) is 0.601. The Morgan fingerprint density at radius 3 is 2.28 bits per heavy atom. The van der Waals surface area contributed by atoms with Crippen molar-refractivity contribution in [3.8, 4) is 0 Å². The van der Waals surface area contributed by atoms with E-state index in [0.29, 0.717) is 0 Å². The Morgan fingerprint density at radius 2 is 1.67 bits per heavy atom. The van der Waals surface area contributed by atoms with Crippen LogP contribution in [0.15, 0.2) is 56.5 Å². The number of halogens is 2. The third kappa shape index (κ3) is 3.43. The first-order valence-corrected chi connectivity index (χ1v) is 7.05. The van der Waals surface area contributed by atoms with E-state index in [4.69, 9.17) is 0 Å². The van der Waals surface area contributed by atoms with Crippen molar-refractivity contribution in [3.63, 3.8) is 0 Å². The van der Waals surface area contributed by atoms with Crippen molar-refractivity contribution < 1.29 is 0 Å². The Labute approximate surface area is 123 Å². The summed E-state index contributed by atoms with van der Waals surface area (Å²) in [6.07, 6.45) is 1.79. The van der Waals surface area contributed by atoms with E-state index in [1.807, 2.05) is 42.5 Å². The van der Waals surface area contributed by atoms with Gasteiger partial charge < -0.3 is 0 Å². The second kappa shape index (κ2) is 6.16. The van der Waals surface area contributed by atoms with Gasteiger partial charge >= 0.3 is 0 Å². The molecule has 0 aliphatic rings. The Bertz CT molecular complexity index is 542. The standard InChI is InChI=1S/C14H12Br2N2/c1-10-13(15)7-11(8-14(10)16)9-17-18-12-5-3-2-4-6-12/h2-9,18H,1H3/b17-9-. The van der Waals surface area contributed by atoms with E-state index in [1.165, 1.54) is 5.56 Å². The molecule has 0 aliphatic heterocycles. The molecule has 0 amide bonds. The first-order chi connectivity index (χ1) is 8.66. The number of anilines is 1. The first kappa shape index (κ1) is 13.3. The molecular weight excluding hydrogens is 356 g/mol. The third-order valence-electron chi connectivity index (χ3n) is 2.48. The number of hydrogen-bond acceptors (Lipinski definition) is 2. The third-order valence-corrected chi connectivity index (χ3v) is 4.13. The molecule has 4 heteroatoms. The number of rotatable bonds is 3. The zero-order valence-corrected chi connectivity index (χ0v) is 13.0. The molecule has 18 heavy (non-hydrogen) atoms. The molecule has 0 bridgehead atoms. The van der Waals surface area contributed by atoms with Crippen LogP contribution in [0.4, 0.5) is 5.69 Å². The van der Waals surface area contributed by atoms with Gasteiger partial charge in [0, 0.05) is 8.95 Å². The fraction of sp³-hybridized carbons (Fsp3) is 0.0714. The van der Waals surface area contributed by atoms with Crippen LogP contribution >= 0.6 is 31.9 Å². The summed E-state index contributed by atoms with van der Waals surface area (Å²) >= 11 is 7.04. The summed E-state index contributed by atoms with van der Waals surface area (Å²) in [5, 5.41) is 4.21. The molecule has 0 fully saturated rings. The molecule has 0 aliphatic carbocycles. The van der Waals surface area contributed by atoms with Crippen molar-refractivity contribution in [3.05, 3.63) is 62.5 Å². The topological polar surface area (TPSA) is 24.4 Å². The van der Waals surface area contributed by atoms with Crippen LogP contribution in [0.2, 0.25) is 0 Å². The van der Waals surface area contributed by atoms with Gasteiger partial charge in [0.25, 0.3) is 0 Å². The van der Waals surface area contributed by atoms with E-state index in [9.17, 15) is 0 Å². The van der Waals surface area contributed by atoms with Crippen LogP contribution in [-0.2, 0) is 0 Å². The lowest BCUT2D eigenvalue weighted by molar-refractivity contribution is 1.34. The van der Waals surface area contributed by atoms with Crippen LogP contribution in [0.5, 0.6) is 0 Å². The molecule has 0 saturated carbocycles. The van der Waals surface area contributed by atoms with Gasteiger partial charge in [-0.25, -0.2) is 0 Å². The molecule has 2 rings (SSSR count). The Morgan fingerprint density at radius 1 is 1.06 bits per heavy atom. The second-order valence-corrected chi connectivity index (χ2v) is 5.55. The summed E-state index contributed by atoms with van der Waals surface area (Å²) in [7, 11) is 0. The molecule has 0 radical (unpaired) electrons. The SMILES string of the molecule is Cc1c(Br)cc(/C=N\Nc2ccccc2)cc1Br. The summed E-state index contributed by atoms with van der Waals surface area (Å²) in [6, 6.07) is 13.9. The van der Waals surface area contributed by atoms with Crippen molar-refractivity contribution in [2.45, 2.75) is 6.92 Å². The van der Waals surface area contributed by atoms with Gasteiger partial charge in [0.1, 0.15) is 0 Å². The number of benzene rings is 2. The highest BCUT2D eigenvalue weighted by molar-refractivity contribution is 9.11. The normalized spacial score (nSPS) is 10.8. The van der Waals surface area contributed by atoms with Crippen LogP contribution in [0.3, 0.4) is 0 Å². The van der Waals surface area contributed by atoms with Crippen LogP contribution in [-0.4, -0.2) is 6.21 Å². The fourth-order valence-electron chi connectivity index (χ4n) is 1.43. The van der Waals surface area contributed by atoms with Crippen molar-refractivity contribution in [2.75, 3.05) is 5.43 Å². The Hall–Kier alpha value is -1.13. The highest BCUT2D eigenvalue weighted by atomic mass is 79.9. The van der Waals surface area contributed by atoms with Gasteiger partial charge in [-0.2, -0.15) is 5.10 Å². The number of nitrogens with one attached hydrogen (secondary N) is 1. The maximum absolute atomic E-state index is 4.21. The van der Waals surface area contributed by atoms with Crippen molar-refractivity contribution in [1.29, 1.82) is 0 Å². The molecule has 0 atom stereocenters. The summed E-state index contributed by atoms with van der Waals surface area (Å²) in [6.45, 7) is 2.05. The molecule has 2 aromatic carbocycles. The minimum absolute atomic E-state index is 0.971. The predicted molar refractivity (Wildman–Crippen MR) is 84.2 cm³/mol. The lowest BCUT2D eigenvalue weighted by Gasteiger charge is -2.03. The molecule has 2 aromatic rings. The molecule has 0 saturated heterocycles. The van der Waals surface area contributed by atoms with Gasteiger partial charge in [0.15, 0.2) is 0 Å². The summed E-state index contributed by atoms with van der Waals surface area (Å²) in [5.74, 6) is 0. The van der Waals surface area contributed by atoms with Gasteiger partial charge in [-0.3, -0.25) is 5.43 Å². The fourth-order valence-corrected chi connectivity index (χ4v) is 2.66. The highest BCUT2D eigenvalue weighted by Crippen LogP contribution is 2.25. The Kier molecular flexibility index (Phi) is 4.55. The molecule has 0 unspecified atom stereocenters. The summed E-state index contributed by atoms with van der Waals surface area (Å²) in [4.78, 5) is 0. The van der Waals surface area contributed by atoms with Crippen LogP contribution < -0.4 is 5.43 Å². The molecule has 0 aromatic heterocycles. The molecule has 2 nitrogen and oxygen atoms in total. The zero-order valence-electron chi connectivity index (χ0n) is 9.82. The van der Waals surface area contributed by atoms with E-state index in [0.717, 1.165) is 20.2 Å². The van der Waals surface area contributed by atoms with Gasteiger partial charge in [-0.15, -0.1) is 0 Å². The molecule has 0 spiro atoms. The molecule has 1 N–H and O–H groups in total. The van der Waals surface area contributed by atoms with E-state index < -0.39 is 0 Å². The number of nitrogens with zero attached hydrogens (tertiary/aromatic N) is 1. The van der Waals surface area contributed by atoms with Crippen LogP contribution in [0.1, 0.15) is 11.1 Å². The smallest absolute Gasteiger partial charge is 0.0561 e. The lowest BCUT2D eigenvalue weighted by atomic mass is 10.2. The van der Waals surface area contributed by atoms with Gasteiger partial charge in [-0.05, 0) is 42.3 Å². The monoisotopic (exact) mass is 366 g/mol. The van der Waals surface area contributed by atoms with Gasteiger partial charge in [-0.1, -0.05) is 50.1 Å². The zero-order chi connectivity index (χ0) is 13.0. The second-order valence-electron chi connectivity index (χ2n) is 3.85. The average molecular weight is 368 g/mol. The van der Waals surface area contributed by atoms with Gasteiger partial charge in [0.2, 0.25) is 0 Å². The minimum atomic E-state index is 0.971. The molecule has 92 valence electrons. The van der Waals surface area contributed by atoms with E-state index in [2.05, 4.69) is 49.3 Å². The first-order valence-electron chi connectivity index (χ1n) is 5.46. The van der Waals surface area contributed by atoms with Crippen molar-refractivity contribution in [1.82, 2.24) is 0 Å². The van der Waals surface area contributed by atoms with Crippen molar-refractivity contribution >= 4 is 43.8 Å². The number of hydrazone groups is 1. The lowest BCUT2D eigenvalue weighted by Crippen LogP contribution is -1.91. The Balaban J connectivity index is 2.10. The average Bonchev–Trinajstić information content (AvgIpc) is 2.37. The predicted octanol–water partition coefficient (Wildman–Crippen LogP) is 4.97. The van der Waals surface area contributed by atoms with Gasteiger partial charge in [0.05, 0.1) is 11.9 Å². The number of hydrogen-bond donors (Lipinski definition) is 1. The van der Waals surface area contributed by atoms with Crippen LogP contribution in [0.25, 0.3) is 0 Å². The largest absolute Gasteiger partial charge is 0.279 e. The van der Waals surface area contributed by atoms with E-state index in [1.54, 1.807) is 6.21 Å². The molecule has 0 heterocycles.